The van der Waals surface area contributed by atoms with Crippen LogP contribution in [0.2, 0.25) is 0 Å². The van der Waals surface area contributed by atoms with Crippen molar-refractivity contribution in [3.63, 3.8) is 0 Å². The maximum Gasteiger partial charge on any atom is 0.405 e. The van der Waals surface area contributed by atoms with Crippen LogP contribution in [0.1, 0.15) is 35.2 Å². The number of carbonyl (C=O) groups excluding carboxylic acids is 1. The Hall–Kier alpha value is -2.58. The Kier molecular flexibility index (Phi) is 4.87. The molecule has 1 heterocycles. The lowest BCUT2D eigenvalue weighted by molar-refractivity contribution is -0.123. The smallest absolute Gasteiger partial charge is 0.405 e. The Labute approximate surface area is 129 Å². The number of ether oxygens (including phenoxy) is 1. The van der Waals surface area contributed by atoms with Crippen molar-refractivity contribution >= 4 is 5.91 Å². The van der Waals surface area contributed by atoms with Crippen LogP contribution < -0.4 is 10.1 Å². The van der Waals surface area contributed by atoms with E-state index in [-0.39, 0.29) is 5.56 Å². The molecule has 1 unspecified atom stereocenters. The number of hydrogen-bond donors (Lipinski definition) is 1. The summed E-state index contributed by atoms with van der Waals surface area (Å²) < 4.78 is 46.9. The van der Waals surface area contributed by atoms with Gasteiger partial charge in [-0.1, -0.05) is 0 Å². The van der Waals surface area contributed by atoms with Gasteiger partial charge in [0.2, 0.25) is 5.89 Å². The van der Waals surface area contributed by atoms with Crippen LogP contribution in [0.15, 0.2) is 28.7 Å². The second-order valence-electron chi connectivity index (χ2n) is 4.74. The molecule has 0 bridgehead atoms. The largest absolute Gasteiger partial charge is 0.481 e. The van der Waals surface area contributed by atoms with Crippen LogP contribution in [-0.2, 0) is 0 Å². The van der Waals surface area contributed by atoms with Gasteiger partial charge < -0.3 is 14.5 Å². The van der Waals surface area contributed by atoms with Gasteiger partial charge in [-0.2, -0.15) is 13.2 Å². The molecule has 0 aliphatic carbocycles. The molecule has 6 nitrogen and oxygen atoms in total. The minimum atomic E-state index is -4.45. The normalized spacial score (nSPS) is 12.7. The van der Waals surface area contributed by atoms with Gasteiger partial charge >= 0.3 is 6.18 Å². The highest BCUT2D eigenvalue weighted by molar-refractivity contribution is 5.94. The maximum absolute atomic E-state index is 12.0. The molecule has 1 aromatic carbocycles. The molecule has 2 aromatic rings. The highest BCUT2D eigenvalue weighted by Crippen LogP contribution is 2.21. The third kappa shape index (κ3) is 4.97. The average molecular weight is 329 g/mol. The number of aromatic nitrogens is 2. The molecular weight excluding hydrogens is 315 g/mol. The Morgan fingerprint density at radius 1 is 1.30 bits per heavy atom. The lowest BCUT2D eigenvalue weighted by Gasteiger charge is -2.12. The first-order chi connectivity index (χ1) is 10.7. The van der Waals surface area contributed by atoms with Crippen molar-refractivity contribution in [1.82, 2.24) is 15.5 Å². The van der Waals surface area contributed by atoms with Crippen molar-refractivity contribution in [2.45, 2.75) is 26.1 Å². The van der Waals surface area contributed by atoms with Crippen LogP contribution in [0, 0.1) is 6.92 Å². The summed E-state index contributed by atoms with van der Waals surface area (Å²) in [5, 5.41) is 9.30. The minimum absolute atomic E-state index is 0.0999. The summed E-state index contributed by atoms with van der Waals surface area (Å²) >= 11 is 0. The van der Waals surface area contributed by atoms with Crippen molar-refractivity contribution in [1.29, 1.82) is 0 Å². The molecule has 0 saturated heterocycles. The quantitative estimate of drug-likeness (QED) is 0.913. The van der Waals surface area contributed by atoms with E-state index in [9.17, 15) is 18.0 Å². The van der Waals surface area contributed by atoms with E-state index in [1.165, 1.54) is 24.3 Å². The molecule has 1 amide bonds. The number of aryl methyl sites for hydroxylation is 1. The Morgan fingerprint density at radius 3 is 2.48 bits per heavy atom. The van der Waals surface area contributed by atoms with Gasteiger partial charge in [0.1, 0.15) is 12.3 Å². The van der Waals surface area contributed by atoms with Crippen molar-refractivity contribution in [2.75, 3.05) is 6.54 Å². The molecule has 0 spiro atoms. The van der Waals surface area contributed by atoms with Gasteiger partial charge in [0.15, 0.2) is 6.10 Å². The number of benzene rings is 1. The molecule has 124 valence electrons. The summed E-state index contributed by atoms with van der Waals surface area (Å²) in [6.07, 6.45) is -4.95. The molecule has 1 atom stereocenters. The monoisotopic (exact) mass is 329 g/mol. The molecule has 0 radical (unpaired) electrons. The number of nitrogens with zero attached hydrogens (tertiary/aromatic N) is 2. The second-order valence-corrected chi connectivity index (χ2v) is 4.74. The van der Waals surface area contributed by atoms with Gasteiger partial charge in [-0.15, -0.1) is 10.2 Å². The topological polar surface area (TPSA) is 77.2 Å². The Balaban J connectivity index is 1.95. The maximum atomic E-state index is 12.0. The zero-order valence-electron chi connectivity index (χ0n) is 12.3. The van der Waals surface area contributed by atoms with Crippen molar-refractivity contribution in [3.8, 4) is 5.75 Å². The standard InChI is InChI=1S/C14H14F3N3O3/c1-8(13-20-19-9(2)23-13)22-11-5-3-10(4-6-11)12(21)18-7-14(15,16)17/h3-6,8H,7H2,1-2H3,(H,18,21). The zero-order chi connectivity index (χ0) is 17.0. The van der Waals surface area contributed by atoms with Gasteiger partial charge in [-0.25, -0.2) is 0 Å². The van der Waals surface area contributed by atoms with E-state index in [0.717, 1.165) is 0 Å². The minimum Gasteiger partial charge on any atom is -0.481 e. The second kappa shape index (κ2) is 6.67. The molecule has 23 heavy (non-hydrogen) atoms. The molecule has 0 fully saturated rings. The van der Waals surface area contributed by atoms with E-state index >= 15 is 0 Å². The summed E-state index contributed by atoms with van der Waals surface area (Å²) in [5.74, 6) is 0.316. The number of amides is 1. The van der Waals surface area contributed by atoms with E-state index in [2.05, 4.69) is 10.2 Å². The molecule has 2 rings (SSSR count). The SMILES string of the molecule is Cc1nnc(C(C)Oc2ccc(C(=O)NCC(F)(F)F)cc2)o1. The molecular formula is C14H14F3N3O3. The first-order valence-electron chi connectivity index (χ1n) is 6.66. The van der Waals surface area contributed by atoms with Gasteiger partial charge in [-0.05, 0) is 31.2 Å². The van der Waals surface area contributed by atoms with E-state index < -0.39 is 24.7 Å². The van der Waals surface area contributed by atoms with Gasteiger partial charge in [-0.3, -0.25) is 4.79 Å². The first-order valence-corrected chi connectivity index (χ1v) is 6.66. The number of rotatable bonds is 5. The zero-order valence-corrected chi connectivity index (χ0v) is 12.3. The van der Waals surface area contributed by atoms with Crippen LogP contribution in [-0.4, -0.2) is 28.8 Å². The van der Waals surface area contributed by atoms with E-state index in [0.29, 0.717) is 17.5 Å². The van der Waals surface area contributed by atoms with Gasteiger partial charge in [0.05, 0.1) is 0 Å². The molecule has 0 saturated carbocycles. The Morgan fingerprint density at radius 2 is 1.96 bits per heavy atom. The highest BCUT2D eigenvalue weighted by atomic mass is 19.4. The van der Waals surface area contributed by atoms with Crippen LogP contribution in [0.4, 0.5) is 13.2 Å². The first kappa shape index (κ1) is 16.8. The van der Waals surface area contributed by atoms with Crippen LogP contribution in [0.3, 0.4) is 0 Å². The summed E-state index contributed by atoms with van der Waals surface area (Å²) in [7, 11) is 0. The number of nitrogens with one attached hydrogen (secondary N) is 1. The predicted octanol–water partition coefficient (Wildman–Crippen LogP) is 2.81. The fraction of sp³-hybridized carbons (Fsp3) is 0.357. The van der Waals surface area contributed by atoms with Gasteiger partial charge in [0, 0.05) is 12.5 Å². The highest BCUT2D eigenvalue weighted by Gasteiger charge is 2.27. The van der Waals surface area contributed by atoms with Crippen molar-refractivity contribution in [2.24, 2.45) is 0 Å². The van der Waals surface area contributed by atoms with Crippen LogP contribution in [0.25, 0.3) is 0 Å². The third-order valence-corrected chi connectivity index (χ3v) is 2.77. The Bertz CT molecular complexity index is 668. The van der Waals surface area contributed by atoms with E-state index in [1.807, 2.05) is 0 Å². The van der Waals surface area contributed by atoms with Crippen molar-refractivity contribution < 1.29 is 27.1 Å². The fourth-order valence-corrected chi connectivity index (χ4v) is 1.70. The van der Waals surface area contributed by atoms with Crippen LogP contribution in [0.5, 0.6) is 5.75 Å². The predicted molar refractivity (Wildman–Crippen MR) is 72.9 cm³/mol. The molecule has 1 N–H and O–H groups in total. The third-order valence-electron chi connectivity index (χ3n) is 2.77. The molecule has 1 aromatic heterocycles. The summed E-state index contributed by atoms with van der Waals surface area (Å²) in [5.41, 5.74) is 0.0999. The lowest BCUT2D eigenvalue weighted by atomic mass is 10.2. The molecule has 0 aliphatic heterocycles. The molecule has 0 aliphatic rings. The molecule has 9 heteroatoms. The van der Waals surface area contributed by atoms with E-state index in [1.54, 1.807) is 19.2 Å². The van der Waals surface area contributed by atoms with E-state index in [4.69, 9.17) is 9.15 Å². The summed E-state index contributed by atoms with van der Waals surface area (Å²) in [6.45, 7) is 1.98. The number of carbonyl (C=O) groups is 1. The fourth-order valence-electron chi connectivity index (χ4n) is 1.70. The van der Waals surface area contributed by atoms with Crippen LogP contribution >= 0.6 is 0 Å². The summed E-state index contributed by atoms with van der Waals surface area (Å²) in [6, 6.07) is 5.68. The lowest BCUT2D eigenvalue weighted by Crippen LogP contribution is -2.33. The average Bonchev–Trinajstić information content (AvgIpc) is 2.91. The summed E-state index contributed by atoms with van der Waals surface area (Å²) in [4.78, 5) is 11.6. The van der Waals surface area contributed by atoms with Gasteiger partial charge in [0.25, 0.3) is 11.8 Å². The number of halogens is 3. The number of hydrogen-bond acceptors (Lipinski definition) is 5. The number of alkyl halides is 3. The van der Waals surface area contributed by atoms with Crippen molar-refractivity contribution in [3.05, 3.63) is 41.6 Å².